The molecule has 120 valence electrons. The third-order valence-corrected chi connectivity index (χ3v) is 3.20. The van der Waals surface area contributed by atoms with Crippen LogP contribution in [0.2, 0.25) is 0 Å². The number of amides is 1. The van der Waals surface area contributed by atoms with E-state index in [4.69, 9.17) is 10.5 Å². The Kier molecular flexibility index (Phi) is 8.29. The first-order valence-corrected chi connectivity index (χ1v) is 6.80. The van der Waals surface area contributed by atoms with Crippen molar-refractivity contribution in [2.24, 2.45) is 5.73 Å². The quantitative estimate of drug-likeness (QED) is 0.811. The summed E-state index contributed by atoms with van der Waals surface area (Å²) in [6.45, 7) is 4.14. The van der Waals surface area contributed by atoms with Gasteiger partial charge in [-0.2, -0.15) is 0 Å². The van der Waals surface area contributed by atoms with Crippen molar-refractivity contribution in [2.75, 3.05) is 13.7 Å². The first-order valence-electron chi connectivity index (χ1n) is 6.80. The second kappa shape index (κ2) is 8.85. The molecule has 1 rings (SSSR count). The summed E-state index contributed by atoms with van der Waals surface area (Å²) < 4.78 is 18.3. The summed E-state index contributed by atoms with van der Waals surface area (Å²) >= 11 is 0. The van der Waals surface area contributed by atoms with E-state index in [0.29, 0.717) is 19.4 Å². The third-order valence-electron chi connectivity index (χ3n) is 3.20. The Labute approximate surface area is 131 Å². The Morgan fingerprint density at radius 1 is 1.48 bits per heavy atom. The van der Waals surface area contributed by atoms with Gasteiger partial charge in [-0.1, -0.05) is 19.4 Å². The van der Waals surface area contributed by atoms with E-state index >= 15 is 0 Å². The average molecular weight is 319 g/mol. The summed E-state index contributed by atoms with van der Waals surface area (Å²) in [5.41, 5.74) is 5.88. The van der Waals surface area contributed by atoms with Crippen LogP contribution < -0.4 is 15.8 Å². The fourth-order valence-electron chi connectivity index (χ4n) is 2.02. The van der Waals surface area contributed by atoms with Crippen molar-refractivity contribution in [3.05, 3.63) is 29.6 Å². The number of benzene rings is 1. The van der Waals surface area contributed by atoms with Gasteiger partial charge in [0.15, 0.2) is 11.6 Å². The molecule has 21 heavy (non-hydrogen) atoms. The van der Waals surface area contributed by atoms with Gasteiger partial charge in [0, 0.05) is 6.54 Å². The van der Waals surface area contributed by atoms with E-state index in [1.54, 1.807) is 19.1 Å². The molecule has 0 aliphatic heterocycles. The van der Waals surface area contributed by atoms with Crippen LogP contribution in [-0.4, -0.2) is 25.1 Å². The van der Waals surface area contributed by atoms with Crippen LogP contribution in [0.3, 0.4) is 0 Å². The predicted molar refractivity (Wildman–Crippen MR) is 84.4 cm³/mol. The standard InChI is InChI=1S/C15H23FN2O2.ClH/c1-4-8-15(2,17)14(19)18-9-7-11-5-6-13(20-3)12(16)10-11;/h5-6,10H,4,7-9,17H2,1-3H3,(H,18,19);1H. The second-order valence-electron chi connectivity index (χ2n) is 5.14. The van der Waals surface area contributed by atoms with Crippen LogP contribution in [0.5, 0.6) is 5.75 Å². The van der Waals surface area contributed by atoms with Gasteiger partial charge in [0.2, 0.25) is 5.91 Å². The molecular formula is C15H24ClFN2O2. The number of hydrogen-bond donors (Lipinski definition) is 2. The Balaban J connectivity index is 0.00000400. The molecule has 0 fully saturated rings. The lowest BCUT2D eigenvalue weighted by Crippen LogP contribution is -2.51. The van der Waals surface area contributed by atoms with Crippen LogP contribution in [-0.2, 0) is 11.2 Å². The Morgan fingerprint density at radius 3 is 2.67 bits per heavy atom. The van der Waals surface area contributed by atoms with Gasteiger partial charge in [-0.3, -0.25) is 4.79 Å². The van der Waals surface area contributed by atoms with Gasteiger partial charge >= 0.3 is 0 Å². The lowest BCUT2D eigenvalue weighted by Gasteiger charge is -2.22. The number of methoxy groups -OCH3 is 1. The molecule has 4 nitrogen and oxygen atoms in total. The summed E-state index contributed by atoms with van der Waals surface area (Å²) in [7, 11) is 1.42. The number of ether oxygens (including phenoxy) is 1. The zero-order valence-electron chi connectivity index (χ0n) is 12.7. The van der Waals surface area contributed by atoms with E-state index in [-0.39, 0.29) is 24.1 Å². The average Bonchev–Trinajstić information content (AvgIpc) is 2.38. The SMILES string of the molecule is CCCC(C)(N)C(=O)NCCc1ccc(OC)c(F)c1.Cl. The molecule has 0 aliphatic carbocycles. The van der Waals surface area contributed by atoms with Gasteiger partial charge < -0.3 is 15.8 Å². The van der Waals surface area contributed by atoms with Crippen LogP contribution in [0.4, 0.5) is 4.39 Å². The number of rotatable bonds is 7. The van der Waals surface area contributed by atoms with E-state index in [2.05, 4.69) is 5.32 Å². The Hall–Kier alpha value is -1.33. The van der Waals surface area contributed by atoms with E-state index in [9.17, 15) is 9.18 Å². The van der Waals surface area contributed by atoms with Gasteiger partial charge in [0.1, 0.15) is 0 Å². The van der Waals surface area contributed by atoms with Crippen molar-refractivity contribution in [1.82, 2.24) is 5.32 Å². The van der Waals surface area contributed by atoms with Crippen molar-refractivity contribution in [3.8, 4) is 5.75 Å². The highest BCUT2D eigenvalue weighted by Crippen LogP contribution is 2.17. The highest BCUT2D eigenvalue weighted by molar-refractivity contribution is 5.85. The van der Waals surface area contributed by atoms with Crippen LogP contribution in [0.25, 0.3) is 0 Å². The number of carbonyl (C=O) groups excluding carboxylic acids is 1. The van der Waals surface area contributed by atoms with Crippen molar-refractivity contribution in [1.29, 1.82) is 0 Å². The number of halogens is 2. The molecule has 6 heteroatoms. The number of nitrogens with one attached hydrogen (secondary N) is 1. The number of hydrogen-bond acceptors (Lipinski definition) is 3. The van der Waals surface area contributed by atoms with E-state index < -0.39 is 11.4 Å². The topological polar surface area (TPSA) is 64.4 Å². The van der Waals surface area contributed by atoms with Crippen LogP contribution in [0.1, 0.15) is 32.3 Å². The second-order valence-corrected chi connectivity index (χ2v) is 5.14. The number of carbonyl (C=O) groups is 1. The highest BCUT2D eigenvalue weighted by atomic mass is 35.5. The molecule has 1 atom stereocenters. The summed E-state index contributed by atoms with van der Waals surface area (Å²) in [6, 6.07) is 4.77. The summed E-state index contributed by atoms with van der Waals surface area (Å²) in [5.74, 6) is -0.352. The molecule has 1 amide bonds. The minimum atomic E-state index is -0.847. The fraction of sp³-hybridized carbons (Fsp3) is 0.533. The lowest BCUT2D eigenvalue weighted by atomic mass is 9.96. The van der Waals surface area contributed by atoms with Crippen LogP contribution in [0, 0.1) is 5.82 Å². The maximum atomic E-state index is 13.5. The first kappa shape index (κ1) is 19.7. The molecule has 1 unspecified atom stereocenters. The van der Waals surface area contributed by atoms with Gasteiger partial charge in [-0.25, -0.2) is 4.39 Å². The minimum absolute atomic E-state index is 0. The van der Waals surface area contributed by atoms with E-state index in [1.807, 2.05) is 6.92 Å². The minimum Gasteiger partial charge on any atom is -0.494 e. The lowest BCUT2D eigenvalue weighted by molar-refractivity contribution is -0.126. The maximum Gasteiger partial charge on any atom is 0.239 e. The first-order chi connectivity index (χ1) is 9.40. The highest BCUT2D eigenvalue weighted by Gasteiger charge is 2.26. The molecule has 0 spiro atoms. The van der Waals surface area contributed by atoms with Crippen molar-refractivity contribution in [3.63, 3.8) is 0 Å². The molecule has 0 saturated carbocycles. The molecule has 0 heterocycles. The molecule has 0 aromatic heterocycles. The Morgan fingerprint density at radius 2 is 2.14 bits per heavy atom. The van der Waals surface area contributed by atoms with E-state index in [0.717, 1.165) is 12.0 Å². The molecule has 1 aromatic rings. The van der Waals surface area contributed by atoms with Gasteiger partial charge in [0.25, 0.3) is 0 Å². The normalized spacial score (nSPS) is 13.0. The molecule has 1 aromatic carbocycles. The van der Waals surface area contributed by atoms with Gasteiger partial charge in [0.05, 0.1) is 12.6 Å². The smallest absolute Gasteiger partial charge is 0.239 e. The van der Waals surface area contributed by atoms with Gasteiger partial charge in [-0.05, 0) is 37.5 Å². The van der Waals surface area contributed by atoms with E-state index in [1.165, 1.54) is 13.2 Å². The van der Waals surface area contributed by atoms with Crippen LogP contribution in [0.15, 0.2) is 18.2 Å². The largest absolute Gasteiger partial charge is 0.494 e. The summed E-state index contributed by atoms with van der Waals surface area (Å²) in [5, 5.41) is 2.79. The predicted octanol–water partition coefficient (Wildman–Crippen LogP) is 2.43. The van der Waals surface area contributed by atoms with Crippen molar-refractivity contribution >= 4 is 18.3 Å². The van der Waals surface area contributed by atoms with Crippen LogP contribution >= 0.6 is 12.4 Å². The molecule has 0 bridgehead atoms. The number of nitrogens with two attached hydrogens (primary N) is 1. The molecular weight excluding hydrogens is 295 g/mol. The van der Waals surface area contributed by atoms with Crippen molar-refractivity contribution in [2.45, 2.75) is 38.6 Å². The summed E-state index contributed by atoms with van der Waals surface area (Å²) in [6.07, 6.45) is 2.04. The van der Waals surface area contributed by atoms with Crippen molar-refractivity contribution < 1.29 is 13.9 Å². The molecule has 0 aliphatic rings. The molecule has 3 N–H and O–H groups in total. The Bertz CT molecular complexity index is 467. The monoisotopic (exact) mass is 318 g/mol. The zero-order chi connectivity index (χ0) is 15.2. The third kappa shape index (κ3) is 5.89. The zero-order valence-corrected chi connectivity index (χ0v) is 13.6. The molecule has 0 radical (unpaired) electrons. The van der Waals surface area contributed by atoms with Gasteiger partial charge in [-0.15, -0.1) is 12.4 Å². The summed E-state index contributed by atoms with van der Waals surface area (Å²) in [4.78, 5) is 11.9. The molecule has 0 saturated heterocycles. The maximum absolute atomic E-state index is 13.5. The fourth-order valence-corrected chi connectivity index (χ4v) is 2.02.